The molecule has 0 spiro atoms. The molecule has 0 saturated carbocycles. The van der Waals surface area contributed by atoms with Gasteiger partial charge in [-0.2, -0.15) is 0 Å². The molecular formula is C23H12BrCl2N3O7S. The smallest absolute Gasteiger partial charge is 0.318 e. The highest BCUT2D eigenvalue weighted by Gasteiger charge is 2.35. The number of imide groups is 1. The molecule has 10 nitrogen and oxygen atoms in total. The second-order valence-electron chi connectivity index (χ2n) is 7.47. The number of nitro groups is 2. The number of non-ortho nitro benzene ring substituents is 1. The Kier molecular flexibility index (Phi) is 7.83. The summed E-state index contributed by atoms with van der Waals surface area (Å²) in [6, 6.07) is 12.5. The monoisotopic (exact) mass is 623 g/mol. The molecule has 2 amide bonds. The van der Waals surface area contributed by atoms with E-state index >= 15 is 0 Å². The minimum Gasteiger partial charge on any atom is -0.449 e. The molecule has 0 atom stereocenters. The number of amides is 2. The summed E-state index contributed by atoms with van der Waals surface area (Å²) in [5.74, 6) is -0.662. The fourth-order valence-corrected chi connectivity index (χ4v) is 4.82. The summed E-state index contributed by atoms with van der Waals surface area (Å²) >= 11 is 16.0. The van der Waals surface area contributed by atoms with E-state index in [1.807, 2.05) is 0 Å². The third-order valence-electron chi connectivity index (χ3n) is 5.03. The van der Waals surface area contributed by atoms with Gasteiger partial charge in [-0.1, -0.05) is 45.2 Å². The second kappa shape index (κ2) is 10.9. The van der Waals surface area contributed by atoms with Crippen molar-refractivity contribution in [2.45, 2.75) is 6.54 Å². The van der Waals surface area contributed by atoms with E-state index < -0.39 is 32.4 Å². The minimum atomic E-state index is -0.796. The number of carbonyl (C=O) groups is 2. The molecule has 188 valence electrons. The van der Waals surface area contributed by atoms with Crippen molar-refractivity contribution in [1.82, 2.24) is 4.90 Å². The van der Waals surface area contributed by atoms with Crippen LogP contribution in [0.4, 0.5) is 16.2 Å². The maximum atomic E-state index is 13.0. The molecule has 37 heavy (non-hydrogen) atoms. The van der Waals surface area contributed by atoms with Crippen LogP contribution < -0.4 is 4.74 Å². The number of thioether (sulfide) groups is 1. The van der Waals surface area contributed by atoms with Crippen LogP contribution in [0.2, 0.25) is 10.0 Å². The summed E-state index contributed by atoms with van der Waals surface area (Å²) < 4.78 is 6.35. The van der Waals surface area contributed by atoms with Gasteiger partial charge in [-0.05, 0) is 59.8 Å². The van der Waals surface area contributed by atoms with Crippen LogP contribution in [0.5, 0.6) is 11.5 Å². The summed E-state index contributed by atoms with van der Waals surface area (Å²) in [6.07, 6.45) is 1.43. The molecule has 1 aliphatic rings. The molecular weight excluding hydrogens is 613 g/mol. The lowest BCUT2D eigenvalue weighted by Crippen LogP contribution is -2.27. The lowest BCUT2D eigenvalue weighted by atomic mass is 10.1. The molecule has 0 radical (unpaired) electrons. The van der Waals surface area contributed by atoms with Crippen molar-refractivity contribution in [3.63, 3.8) is 0 Å². The van der Waals surface area contributed by atoms with Crippen LogP contribution in [0.1, 0.15) is 11.1 Å². The number of ether oxygens (including phenoxy) is 1. The highest BCUT2D eigenvalue weighted by Crippen LogP contribution is 2.39. The van der Waals surface area contributed by atoms with Crippen molar-refractivity contribution in [3.05, 3.63) is 105 Å². The standard InChI is InChI=1S/C23H12BrCl2N3O7S/c24-14-2-5-19(36-20-6-3-15(28(32)33)10-18(20)29(34)35)13(8-14)9-21-22(30)27(23(31)37-21)11-12-1-4-16(25)17(26)7-12/h1-10H,11H2/b21-9-. The first-order chi connectivity index (χ1) is 17.5. The van der Waals surface area contributed by atoms with E-state index in [-0.39, 0.29) is 28.0 Å². The van der Waals surface area contributed by atoms with E-state index in [1.165, 1.54) is 12.1 Å². The number of nitro benzene ring substituents is 2. The van der Waals surface area contributed by atoms with E-state index in [0.29, 0.717) is 20.6 Å². The Morgan fingerprint density at radius 3 is 2.35 bits per heavy atom. The number of hydrogen-bond donors (Lipinski definition) is 0. The molecule has 3 aromatic rings. The first-order valence-electron chi connectivity index (χ1n) is 10.1. The predicted octanol–water partition coefficient (Wildman–Crippen LogP) is 7.60. The lowest BCUT2D eigenvalue weighted by molar-refractivity contribution is -0.394. The van der Waals surface area contributed by atoms with Gasteiger partial charge in [0.15, 0.2) is 0 Å². The third-order valence-corrected chi connectivity index (χ3v) is 7.17. The number of nitrogens with zero attached hydrogens (tertiary/aromatic N) is 3. The Morgan fingerprint density at radius 1 is 0.946 bits per heavy atom. The van der Waals surface area contributed by atoms with Crippen LogP contribution in [-0.4, -0.2) is 25.9 Å². The molecule has 0 N–H and O–H groups in total. The first-order valence-corrected chi connectivity index (χ1v) is 12.5. The number of rotatable bonds is 7. The Hall–Kier alpha value is -3.45. The van der Waals surface area contributed by atoms with Gasteiger partial charge in [0.05, 0.1) is 37.4 Å². The molecule has 3 aromatic carbocycles. The number of hydrogen-bond acceptors (Lipinski definition) is 8. The van der Waals surface area contributed by atoms with Crippen molar-refractivity contribution in [3.8, 4) is 11.5 Å². The van der Waals surface area contributed by atoms with E-state index in [1.54, 1.807) is 30.3 Å². The Morgan fingerprint density at radius 2 is 1.68 bits per heavy atom. The maximum absolute atomic E-state index is 13.0. The van der Waals surface area contributed by atoms with E-state index in [4.69, 9.17) is 27.9 Å². The Balaban J connectivity index is 1.65. The van der Waals surface area contributed by atoms with Crippen LogP contribution in [0.25, 0.3) is 6.08 Å². The summed E-state index contributed by atoms with van der Waals surface area (Å²) in [6.45, 7) is -0.0181. The molecule has 1 heterocycles. The van der Waals surface area contributed by atoms with Crippen LogP contribution >= 0.6 is 50.9 Å². The third kappa shape index (κ3) is 5.93. The fraction of sp³-hybridized carbons (Fsp3) is 0.0435. The van der Waals surface area contributed by atoms with E-state index in [9.17, 15) is 29.8 Å². The molecule has 0 unspecified atom stereocenters. The van der Waals surface area contributed by atoms with E-state index in [0.717, 1.165) is 34.9 Å². The van der Waals surface area contributed by atoms with Crippen molar-refractivity contribution < 1.29 is 24.2 Å². The fourth-order valence-electron chi connectivity index (χ4n) is 3.29. The van der Waals surface area contributed by atoms with Crippen molar-refractivity contribution in [2.75, 3.05) is 0 Å². The van der Waals surface area contributed by atoms with E-state index in [2.05, 4.69) is 15.9 Å². The highest BCUT2D eigenvalue weighted by molar-refractivity contribution is 9.10. The van der Waals surface area contributed by atoms with Crippen LogP contribution in [0.3, 0.4) is 0 Å². The average molecular weight is 625 g/mol. The van der Waals surface area contributed by atoms with Gasteiger partial charge >= 0.3 is 5.69 Å². The van der Waals surface area contributed by atoms with Gasteiger partial charge in [-0.15, -0.1) is 0 Å². The van der Waals surface area contributed by atoms with Gasteiger partial charge in [0.25, 0.3) is 16.8 Å². The van der Waals surface area contributed by atoms with Gasteiger partial charge in [0.1, 0.15) is 5.75 Å². The topological polar surface area (TPSA) is 133 Å². The zero-order chi connectivity index (χ0) is 26.9. The maximum Gasteiger partial charge on any atom is 0.318 e. The molecule has 1 saturated heterocycles. The molecule has 0 bridgehead atoms. The van der Waals surface area contributed by atoms with Crippen molar-refractivity contribution in [2.24, 2.45) is 0 Å². The largest absolute Gasteiger partial charge is 0.449 e. The summed E-state index contributed by atoms with van der Waals surface area (Å²) in [4.78, 5) is 47.7. The normalized spacial score (nSPS) is 14.4. The van der Waals surface area contributed by atoms with Gasteiger partial charge in [0, 0.05) is 16.1 Å². The molecule has 0 aromatic heterocycles. The van der Waals surface area contributed by atoms with Crippen molar-refractivity contribution in [1.29, 1.82) is 0 Å². The SMILES string of the molecule is O=C1S/C(=C\c2cc(Br)ccc2Oc2ccc([N+](=O)[O-])cc2[N+](=O)[O-])C(=O)N1Cc1ccc(Cl)c(Cl)c1. The predicted molar refractivity (Wildman–Crippen MR) is 142 cm³/mol. The molecule has 4 rings (SSSR count). The summed E-state index contributed by atoms with van der Waals surface area (Å²) in [5.41, 5.74) is -0.132. The Labute approximate surface area is 231 Å². The first kappa shape index (κ1) is 26.6. The number of benzene rings is 3. The number of carbonyl (C=O) groups excluding carboxylic acids is 2. The van der Waals surface area contributed by atoms with Crippen LogP contribution in [0, 0.1) is 20.2 Å². The molecule has 1 aliphatic heterocycles. The van der Waals surface area contributed by atoms with Gasteiger partial charge in [-0.25, -0.2) is 0 Å². The Bertz CT molecular complexity index is 1520. The quantitative estimate of drug-likeness (QED) is 0.149. The zero-order valence-electron chi connectivity index (χ0n) is 18.2. The van der Waals surface area contributed by atoms with Gasteiger partial charge in [0.2, 0.25) is 5.75 Å². The molecule has 0 aliphatic carbocycles. The average Bonchev–Trinajstić information content (AvgIpc) is 3.10. The van der Waals surface area contributed by atoms with Crippen LogP contribution in [0.15, 0.2) is 64.0 Å². The van der Waals surface area contributed by atoms with Gasteiger partial charge in [-0.3, -0.25) is 34.7 Å². The summed E-state index contributed by atoms with van der Waals surface area (Å²) in [7, 11) is 0. The summed E-state index contributed by atoms with van der Waals surface area (Å²) in [5, 5.41) is 22.6. The van der Waals surface area contributed by atoms with Gasteiger partial charge < -0.3 is 4.74 Å². The minimum absolute atomic E-state index is 0.0181. The lowest BCUT2D eigenvalue weighted by Gasteiger charge is -2.13. The number of halogens is 3. The molecule has 14 heteroatoms. The second-order valence-corrected chi connectivity index (χ2v) is 10.2. The molecule has 1 fully saturated rings. The van der Waals surface area contributed by atoms with Crippen molar-refractivity contribution >= 4 is 79.5 Å². The van der Waals surface area contributed by atoms with Crippen LogP contribution in [-0.2, 0) is 11.3 Å². The zero-order valence-corrected chi connectivity index (χ0v) is 22.1. The highest BCUT2D eigenvalue weighted by atomic mass is 79.9.